The molecule has 3 atom stereocenters. The molecule has 1 aliphatic rings. The van der Waals surface area contributed by atoms with Gasteiger partial charge in [-0.15, -0.1) is 0 Å². The van der Waals surface area contributed by atoms with Crippen LogP contribution in [0.3, 0.4) is 0 Å². The third kappa shape index (κ3) is 3.96. The molecule has 0 fully saturated rings. The fraction of sp³-hybridized carbons (Fsp3) is 0.421. The van der Waals surface area contributed by atoms with Gasteiger partial charge < -0.3 is 24.9 Å². The van der Waals surface area contributed by atoms with E-state index in [0.29, 0.717) is 12.2 Å². The number of hydrogen-bond acceptors (Lipinski definition) is 4. The molecule has 1 aromatic heterocycles. The molecule has 2 amide bonds. The molecule has 2 aromatic rings. The maximum absolute atomic E-state index is 12.3. The number of hydrogen-bond donors (Lipinski definition) is 3. The molecule has 25 heavy (non-hydrogen) atoms. The Bertz CT molecular complexity index is 714. The number of rotatable bonds is 6. The lowest BCUT2D eigenvalue weighted by molar-refractivity contribution is 0.129. The normalized spacial score (nSPS) is 18.3. The first-order valence-corrected chi connectivity index (χ1v) is 8.52. The van der Waals surface area contributed by atoms with Crippen LogP contribution in [0.5, 0.6) is 5.75 Å². The molecule has 1 aromatic carbocycles. The van der Waals surface area contributed by atoms with E-state index in [2.05, 4.69) is 10.6 Å². The zero-order valence-corrected chi connectivity index (χ0v) is 14.5. The van der Waals surface area contributed by atoms with E-state index in [0.717, 1.165) is 29.7 Å². The van der Waals surface area contributed by atoms with Gasteiger partial charge >= 0.3 is 6.03 Å². The number of methoxy groups -OCH3 is 1. The molecule has 3 unspecified atom stereocenters. The minimum absolute atomic E-state index is 0.0210. The lowest BCUT2D eigenvalue weighted by atomic mass is 10.1. The molecule has 1 aliphatic carbocycles. The van der Waals surface area contributed by atoms with Crippen molar-refractivity contribution in [1.82, 2.24) is 10.6 Å². The lowest BCUT2D eigenvalue weighted by Gasteiger charge is -2.20. The number of carbonyl (C=O) groups is 1. The Morgan fingerprint density at radius 3 is 2.96 bits per heavy atom. The number of urea groups is 1. The highest BCUT2D eigenvalue weighted by Crippen LogP contribution is 2.36. The molecule has 0 bridgehead atoms. The number of benzene rings is 1. The van der Waals surface area contributed by atoms with Gasteiger partial charge in [0, 0.05) is 12.5 Å². The van der Waals surface area contributed by atoms with Crippen molar-refractivity contribution < 1.29 is 19.1 Å². The van der Waals surface area contributed by atoms with Gasteiger partial charge in [0.15, 0.2) is 0 Å². The molecule has 0 radical (unpaired) electrons. The fourth-order valence-corrected chi connectivity index (χ4v) is 3.38. The molecular weight excluding hydrogens is 320 g/mol. The molecule has 6 heteroatoms. The molecular formula is C19H24N2O4. The molecule has 0 saturated heterocycles. The van der Waals surface area contributed by atoms with Gasteiger partial charge in [-0.25, -0.2) is 4.79 Å². The Hall–Kier alpha value is -2.47. The largest absolute Gasteiger partial charge is 0.496 e. The summed E-state index contributed by atoms with van der Waals surface area (Å²) in [5, 5.41) is 16.0. The number of fused-ring (bicyclic) bond motifs is 1. The first-order chi connectivity index (χ1) is 12.1. The van der Waals surface area contributed by atoms with Crippen LogP contribution in [0.15, 0.2) is 41.0 Å². The van der Waals surface area contributed by atoms with Crippen LogP contribution in [0.25, 0.3) is 0 Å². The van der Waals surface area contributed by atoms with Crippen LogP contribution in [-0.4, -0.2) is 24.3 Å². The summed E-state index contributed by atoms with van der Waals surface area (Å²) in [6, 6.07) is 8.92. The maximum Gasteiger partial charge on any atom is 0.315 e. The van der Waals surface area contributed by atoms with Crippen LogP contribution >= 0.6 is 0 Å². The summed E-state index contributed by atoms with van der Waals surface area (Å²) >= 11 is 0. The maximum atomic E-state index is 12.3. The highest BCUT2D eigenvalue weighted by atomic mass is 16.5. The van der Waals surface area contributed by atoms with Crippen LogP contribution in [0.2, 0.25) is 0 Å². The van der Waals surface area contributed by atoms with E-state index in [4.69, 9.17) is 9.15 Å². The molecule has 6 nitrogen and oxygen atoms in total. The highest BCUT2D eigenvalue weighted by Gasteiger charge is 2.27. The molecule has 3 rings (SSSR count). The third-order valence-electron chi connectivity index (χ3n) is 4.58. The minimum Gasteiger partial charge on any atom is -0.496 e. The second kappa shape index (κ2) is 7.61. The average Bonchev–Trinajstić information content (AvgIpc) is 3.24. The van der Waals surface area contributed by atoms with Gasteiger partial charge in [0.2, 0.25) is 0 Å². The number of aliphatic hydroxyl groups excluding tert-OH is 1. The number of aliphatic hydroxyl groups is 1. The monoisotopic (exact) mass is 344 g/mol. The number of carbonyl (C=O) groups excluding carboxylic acids is 1. The van der Waals surface area contributed by atoms with E-state index in [9.17, 15) is 9.90 Å². The van der Waals surface area contributed by atoms with Crippen LogP contribution in [0.1, 0.15) is 48.8 Å². The van der Waals surface area contributed by atoms with E-state index in [-0.39, 0.29) is 18.1 Å². The number of nitrogens with one attached hydrogen (secondary N) is 2. The van der Waals surface area contributed by atoms with Crippen molar-refractivity contribution in [1.29, 1.82) is 0 Å². The van der Waals surface area contributed by atoms with Gasteiger partial charge in [-0.1, -0.05) is 12.1 Å². The quantitative estimate of drug-likeness (QED) is 0.752. The van der Waals surface area contributed by atoms with E-state index in [1.165, 1.54) is 6.26 Å². The standard InChI is InChI=1S/C19H24N2O4/c1-12(11-16(22)18-7-4-10-25-18)20-19(23)21-15-9-8-14-13(15)5-3-6-17(14)24-2/h3-7,10,12,15-16,22H,8-9,11H2,1-2H3,(H2,20,21,23). The summed E-state index contributed by atoms with van der Waals surface area (Å²) in [7, 11) is 1.66. The lowest BCUT2D eigenvalue weighted by Crippen LogP contribution is -2.42. The predicted octanol–water partition coefficient (Wildman–Crippen LogP) is 3.09. The van der Waals surface area contributed by atoms with E-state index >= 15 is 0 Å². The van der Waals surface area contributed by atoms with Crippen LogP contribution in [0.4, 0.5) is 4.79 Å². The van der Waals surface area contributed by atoms with Gasteiger partial charge in [-0.2, -0.15) is 0 Å². The summed E-state index contributed by atoms with van der Waals surface area (Å²) < 4.78 is 10.6. The van der Waals surface area contributed by atoms with Gasteiger partial charge in [0.1, 0.15) is 17.6 Å². The van der Waals surface area contributed by atoms with E-state index in [1.54, 1.807) is 19.2 Å². The SMILES string of the molecule is COc1cccc2c1CCC2NC(=O)NC(C)CC(O)c1ccco1. The number of ether oxygens (including phenoxy) is 1. The van der Waals surface area contributed by atoms with Gasteiger partial charge in [0.25, 0.3) is 0 Å². The van der Waals surface area contributed by atoms with Gasteiger partial charge in [-0.05, 0) is 49.1 Å². The van der Waals surface area contributed by atoms with E-state index < -0.39 is 6.10 Å². The highest BCUT2D eigenvalue weighted by molar-refractivity contribution is 5.75. The molecule has 1 heterocycles. The zero-order valence-electron chi connectivity index (χ0n) is 14.5. The molecule has 3 N–H and O–H groups in total. The van der Waals surface area contributed by atoms with Crippen molar-refractivity contribution in [3.05, 3.63) is 53.5 Å². The minimum atomic E-state index is -0.734. The number of furan rings is 1. The Kier molecular flexibility index (Phi) is 5.28. The topological polar surface area (TPSA) is 83.7 Å². The van der Waals surface area contributed by atoms with Crippen LogP contribution in [0, 0.1) is 0 Å². The molecule has 134 valence electrons. The summed E-state index contributed by atoms with van der Waals surface area (Å²) in [5.74, 6) is 1.38. The molecule has 0 aliphatic heterocycles. The fourth-order valence-electron chi connectivity index (χ4n) is 3.38. The zero-order chi connectivity index (χ0) is 17.8. The van der Waals surface area contributed by atoms with Crippen LogP contribution < -0.4 is 15.4 Å². The average molecular weight is 344 g/mol. The van der Waals surface area contributed by atoms with Crippen molar-refractivity contribution in [2.75, 3.05) is 7.11 Å². The third-order valence-corrected chi connectivity index (χ3v) is 4.58. The second-order valence-electron chi connectivity index (χ2n) is 6.41. The number of amides is 2. The Morgan fingerprint density at radius 1 is 1.40 bits per heavy atom. The van der Waals surface area contributed by atoms with Crippen molar-refractivity contribution in [2.24, 2.45) is 0 Å². The van der Waals surface area contributed by atoms with Crippen molar-refractivity contribution in [3.8, 4) is 5.75 Å². The smallest absolute Gasteiger partial charge is 0.315 e. The first-order valence-electron chi connectivity index (χ1n) is 8.52. The summed E-state index contributed by atoms with van der Waals surface area (Å²) in [6.45, 7) is 1.86. The van der Waals surface area contributed by atoms with Gasteiger partial charge in [-0.3, -0.25) is 0 Å². The Balaban J connectivity index is 1.54. The predicted molar refractivity (Wildman–Crippen MR) is 93.5 cm³/mol. The first kappa shape index (κ1) is 17.4. The van der Waals surface area contributed by atoms with Crippen molar-refractivity contribution >= 4 is 6.03 Å². The molecule has 0 saturated carbocycles. The van der Waals surface area contributed by atoms with E-state index in [1.807, 2.05) is 25.1 Å². The van der Waals surface area contributed by atoms with Crippen molar-refractivity contribution in [2.45, 2.75) is 44.4 Å². The Morgan fingerprint density at radius 2 is 2.24 bits per heavy atom. The van der Waals surface area contributed by atoms with Gasteiger partial charge in [0.05, 0.1) is 19.4 Å². The Labute approximate surface area is 147 Å². The van der Waals surface area contributed by atoms with Crippen LogP contribution in [-0.2, 0) is 6.42 Å². The summed E-state index contributed by atoms with van der Waals surface area (Å²) in [4.78, 5) is 12.3. The molecule has 0 spiro atoms. The second-order valence-corrected chi connectivity index (χ2v) is 6.41. The summed E-state index contributed by atoms with van der Waals surface area (Å²) in [5.41, 5.74) is 2.27. The van der Waals surface area contributed by atoms with Crippen molar-refractivity contribution in [3.63, 3.8) is 0 Å². The summed E-state index contributed by atoms with van der Waals surface area (Å²) in [6.07, 6.45) is 2.91.